The fraction of sp³-hybridized carbons (Fsp3) is 0.364. The molecular weight excluding hydrogens is 279 g/mol. The highest BCUT2D eigenvalue weighted by Gasteiger charge is 2.26. The molecule has 82 valence electrons. The Bertz CT molecular complexity index is 388. The molecule has 0 amide bonds. The summed E-state index contributed by atoms with van der Waals surface area (Å²) in [6.07, 6.45) is 0.0905. The highest BCUT2D eigenvalue weighted by atomic mass is 79.9. The molecule has 0 aliphatic carbocycles. The molecule has 0 radical (unpaired) electrons. The van der Waals surface area contributed by atoms with Gasteiger partial charge in [0.2, 0.25) is 0 Å². The van der Waals surface area contributed by atoms with Crippen molar-refractivity contribution in [2.75, 3.05) is 0 Å². The van der Waals surface area contributed by atoms with Crippen molar-refractivity contribution in [2.24, 2.45) is 0 Å². The molecule has 0 heterocycles. The third-order valence-corrected chi connectivity index (χ3v) is 3.14. The molecule has 0 saturated heterocycles. The van der Waals surface area contributed by atoms with E-state index in [1.165, 1.54) is 0 Å². The van der Waals surface area contributed by atoms with E-state index in [9.17, 15) is 4.79 Å². The van der Waals surface area contributed by atoms with E-state index in [4.69, 9.17) is 16.7 Å². The second kappa shape index (κ2) is 4.54. The second-order valence-electron chi connectivity index (χ2n) is 4.08. The monoisotopic (exact) mass is 290 g/mol. The smallest absolute Gasteiger partial charge is 0.304 e. The van der Waals surface area contributed by atoms with E-state index in [1.807, 2.05) is 19.9 Å². The van der Waals surface area contributed by atoms with Gasteiger partial charge in [0.1, 0.15) is 0 Å². The molecule has 0 spiro atoms. The Labute approximate surface area is 102 Å². The van der Waals surface area contributed by atoms with E-state index < -0.39 is 11.4 Å². The molecular formula is C11H12BrClO2. The molecule has 1 aromatic rings. The van der Waals surface area contributed by atoms with Crippen LogP contribution in [0.3, 0.4) is 0 Å². The lowest BCUT2D eigenvalue weighted by Crippen LogP contribution is -2.22. The molecule has 0 bridgehead atoms. The quantitative estimate of drug-likeness (QED) is 0.918. The van der Waals surface area contributed by atoms with Crippen molar-refractivity contribution >= 4 is 33.5 Å². The van der Waals surface area contributed by atoms with Crippen LogP contribution in [-0.2, 0) is 10.2 Å². The molecule has 0 aliphatic heterocycles. The van der Waals surface area contributed by atoms with Gasteiger partial charge in [0, 0.05) is 14.9 Å². The maximum Gasteiger partial charge on any atom is 0.304 e. The van der Waals surface area contributed by atoms with Gasteiger partial charge in [-0.2, -0.15) is 0 Å². The van der Waals surface area contributed by atoms with Crippen molar-refractivity contribution in [3.8, 4) is 0 Å². The summed E-state index contributed by atoms with van der Waals surface area (Å²) >= 11 is 9.22. The van der Waals surface area contributed by atoms with Gasteiger partial charge in [0.15, 0.2) is 0 Å². The van der Waals surface area contributed by atoms with Crippen LogP contribution in [0.1, 0.15) is 25.8 Å². The summed E-state index contributed by atoms with van der Waals surface area (Å²) in [5, 5.41) is 9.45. The molecule has 0 fully saturated rings. The molecule has 4 heteroatoms. The van der Waals surface area contributed by atoms with Crippen LogP contribution >= 0.6 is 27.5 Å². The molecule has 0 saturated carbocycles. The van der Waals surface area contributed by atoms with Gasteiger partial charge in [-0.05, 0) is 17.7 Å². The van der Waals surface area contributed by atoms with Crippen LogP contribution < -0.4 is 0 Å². The minimum atomic E-state index is -0.804. The zero-order valence-electron chi connectivity index (χ0n) is 8.55. The van der Waals surface area contributed by atoms with Gasteiger partial charge in [0.25, 0.3) is 0 Å². The fourth-order valence-corrected chi connectivity index (χ4v) is 2.73. The first-order chi connectivity index (χ1) is 6.83. The Morgan fingerprint density at radius 2 is 2.13 bits per heavy atom. The highest BCUT2D eigenvalue weighted by Crippen LogP contribution is 2.34. The van der Waals surface area contributed by atoms with Gasteiger partial charge < -0.3 is 5.11 Å². The Morgan fingerprint density at radius 1 is 1.53 bits per heavy atom. The molecule has 0 unspecified atom stereocenters. The molecule has 2 nitrogen and oxygen atoms in total. The van der Waals surface area contributed by atoms with E-state index in [1.54, 1.807) is 12.1 Å². The first kappa shape index (κ1) is 12.5. The van der Waals surface area contributed by atoms with Gasteiger partial charge in [0.05, 0.1) is 6.42 Å². The molecule has 1 rings (SSSR count). The standard InChI is InChI=1S/C11H12BrClO2/c1-11(2,6-10(14)15)8-4-3-7(13)5-9(8)12/h3-5H,6H2,1-2H3,(H,14,15). The van der Waals surface area contributed by atoms with Crippen molar-refractivity contribution in [3.05, 3.63) is 33.3 Å². The van der Waals surface area contributed by atoms with Crippen LogP contribution in [0.25, 0.3) is 0 Å². The summed E-state index contributed by atoms with van der Waals surface area (Å²) in [6, 6.07) is 5.40. The van der Waals surface area contributed by atoms with Crippen molar-refractivity contribution in [3.63, 3.8) is 0 Å². The lowest BCUT2D eigenvalue weighted by molar-refractivity contribution is -0.138. The number of carbonyl (C=O) groups is 1. The molecule has 0 atom stereocenters. The average Bonchev–Trinajstić information content (AvgIpc) is 1.99. The van der Waals surface area contributed by atoms with Crippen molar-refractivity contribution in [1.82, 2.24) is 0 Å². The van der Waals surface area contributed by atoms with Crippen molar-refractivity contribution in [1.29, 1.82) is 0 Å². The number of hydrogen-bond acceptors (Lipinski definition) is 1. The lowest BCUT2D eigenvalue weighted by Gasteiger charge is -2.24. The topological polar surface area (TPSA) is 37.3 Å². The maximum atomic E-state index is 10.7. The van der Waals surface area contributed by atoms with Crippen LogP contribution in [0.15, 0.2) is 22.7 Å². The zero-order valence-corrected chi connectivity index (χ0v) is 10.9. The first-order valence-electron chi connectivity index (χ1n) is 4.50. The van der Waals surface area contributed by atoms with E-state index in [0.717, 1.165) is 10.0 Å². The summed E-state index contributed by atoms with van der Waals surface area (Å²) in [7, 11) is 0. The number of carboxylic acids is 1. The van der Waals surface area contributed by atoms with Crippen LogP contribution in [0.5, 0.6) is 0 Å². The van der Waals surface area contributed by atoms with Crippen molar-refractivity contribution < 1.29 is 9.90 Å². The van der Waals surface area contributed by atoms with E-state index in [0.29, 0.717) is 5.02 Å². The van der Waals surface area contributed by atoms with E-state index >= 15 is 0 Å². The SMILES string of the molecule is CC(C)(CC(=O)O)c1ccc(Cl)cc1Br. The van der Waals surface area contributed by atoms with Crippen LogP contribution in [0, 0.1) is 0 Å². The van der Waals surface area contributed by atoms with Gasteiger partial charge >= 0.3 is 5.97 Å². The number of carboxylic acid groups (broad SMARTS) is 1. The summed E-state index contributed by atoms with van der Waals surface area (Å²) < 4.78 is 0.848. The maximum absolute atomic E-state index is 10.7. The van der Waals surface area contributed by atoms with Crippen LogP contribution in [0.2, 0.25) is 5.02 Å². The summed E-state index contributed by atoms with van der Waals surface area (Å²) in [5.41, 5.74) is 0.546. The molecule has 0 aliphatic rings. The third kappa shape index (κ3) is 3.21. The number of halogens is 2. The molecule has 0 aromatic heterocycles. The Kier molecular flexibility index (Phi) is 3.79. The normalized spacial score (nSPS) is 11.5. The van der Waals surface area contributed by atoms with Gasteiger partial charge in [-0.25, -0.2) is 0 Å². The second-order valence-corrected chi connectivity index (χ2v) is 5.37. The van der Waals surface area contributed by atoms with Crippen LogP contribution in [-0.4, -0.2) is 11.1 Å². The highest BCUT2D eigenvalue weighted by molar-refractivity contribution is 9.10. The van der Waals surface area contributed by atoms with E-state index in [2.05, 4.69) is 15.9 Å². The molecule has 15 heavy (non-hydrogen) atoms. The average molecular weight is 292 g/mol. The zero-order chi connectivity index (χ0) is 11.6. The largest absolute Gasteiger partial charge is 0.481 e. The molecule has 1 N–H and O–H groups in total. The Balaban J connectivity index is 3.09. The van der Waals surface area contributed by atoms with Gasteiger partial charge in [-0.15, -0.1) is 0 Å². The fourth-order valence-electron chi connectivity index (χ4n) is 1.51. The predicted octanol–water partition coefficient (Wildman–Crippen LogP) is 3.85. The Hall–Kier alpha value is -0.540. The number of benzene rings is 1. The molecule has 1 aromatic carbocycles. The predicted molar refractivity (Wildman–Crippen MR) is 64.4 cm³/mol. The number of rotatable bonds is 3. The van der Waals surface area contributed by atoms with E-state index in [-0.39, 0.29) is 6.42 Å². The Morgan fingerprint density at radius 3 is 2.60 bits per heavy atom. The summed E-state index contributed by atoms with van der Waals surface area (Å²) in [4.78, 5) is 10.7. The third-order valence-electron chi connectivity index (χ3n) is 2.25. The van der Waals surface area contributed by atoms with Gasteiger partial charge in [-0.1, -0.05) is 47.4 Å². The summed E-state index contributed by atoms with van der Waals surface area (Å²) in [6.45, 7) is 3.80. The summed E-state index contributed by atoms with van der Waals surface area (Å²) in [5.74, 6) is -0.804. The minimum Gasteiger partial charge on any atom is -0.481 e. The first-order valence-corrected chi connectivity index (χ1v) is 5.67. The number of aliphatic carboxylic acids is 1. The number of hydrogen-bond donors (Lipinski definition) is 1. The minimum absolute atomic E-state index is 0.0905. The van der Waals surface area contributed by atoms with Crippen LogP contribution in [0.4, 0.5) is 0 Å². The van der Waals surface area contributed by atoms with Crippen molar-refractivity contribution in [2.45, 2.75) is 25.7 Å². The lowest BCUT2D eigenvalue weighted by atomic mass is 9.82. The van der Waals surface area contributed by atoms with Gasteiger partial charge in [-0.3, -0.25) is 4.79 Å².